The molecule has 1 aromatic carbocycles. The second kappa shape index (κ2) is 6.04. The van der Waals surface area contributed by atoms with Crippen molar-refractivity contribution >= 4 is 23.5 Å². The molecular formula is C20H21ClN4O2. The van der Waals surface area contributed by atoms with E-state index in [0.717, 1.165) is 22.3 Å². The van der Waals surface area contributed by atoms with E-state index in [1.54, 1.807) is 19.4 Å². The summed E-state index contributed by atoms with van der Waals surface area (Å²) in [6.07, 6.45) is 4.39. The van der Waals surface area contributed by atoms with Crippen LogP contribution in [0.5, 0.6) is 0 Å². The molecule has 1 spiro atoms. The SMILES string of the molecule is CN1C(=O)[C@]2(C[C@](C)(CO)Cc3ccc(-c4cncc(Cl)c4)cc32)N=C1N. The first-order valence-corrected chi connectivity index (χ1v) is 9.14. The van der Waals surface area contributed by atoms with E-state index in [2.05, 4.69) is 9.98 Å². The Bertz CT molecular complexity index is 976. The molecule has 2 heterocycles. The van der Waals surface area contributed by atoms with Gasteiger partial charge in [0.05, 0.1) is 5.02 Å². The predicted molar refractivity (Wildman–Crippen MR) is 104 cm³/mol. The van der Waals surface area contributed by atoms with Gasteiger partial charge in [0.2, 0.25) is 0 Å². The van der Waals surface area contributed by atoms with Crippen molar-refractivity contribution in [1.82, 2.24) is 9.88 Å². The van der Waals surface area contributed by atoms with Gasteiger partial charge in [-0.25, -0.2) is 4.99 Å². The van der Waals surface area contributed by atoms with Crippen molar-refractivity contribution in [3.8, 4) is 11.1 Å². The van der Waals surface area contributed by atoms with E-state index in [4.69, 9.17) is 17.3 Å². The number of hydrogen-bond acceptors (Lipinski definition) is 5. The van der Waals surface area contributed by atoms with Gasteiger partial charge in [0.15, 0.2) is 11.5 Å². The summed E-state index contributed by atoms with van der Waals surface area (Å²) in [5.41, 5.74) is 8.05. The normalized spacial score (nSPS) is 27.0. The fourth-order valence-electron chi connectivity index (χ4n) is 4.20. The average Bonchev–Trinajstić information content (AvgIpc) is 2.86. The number of aliphatic hydroxyl groups excluding tert-OH is 1. The fourth-order valence-corrected chi connectivity index (χ4v) is 4.38. The number of carbonyl (C=O) groups excluding carboxylic acids is 1. The summed E-state index contributed by atoms with van der Waals surface area (Å²) in [5, 5.41) is 10.5. The Kier molecular flexibility index (Phi) is 4.01. The first-order valence-electron chi connectivity index (χ1n) is 8.77. The second-order valence-electron chi connectivity index (χ2n) is 7.78. The summed E-state index contributed by atoms with van der Waals surface area (Å²) in [6.45, 7) is 1.95. The molecule has 1 aliphatic heterocycles. The van der Waals surface area contributed by atoms with Crippen LogP contribution in [0.25, 0.3) is 11.1 Å². The quantitative estimate of drug-likeness (QED) is 0.831. The predicted octanol–water partition coefficient (Wildman–Crippen LogP) is 2.33. The number of rotatable bonds is 2. The van der Waals surface area contributed by atoms with Gasteiger partial charge >= 0.3 is 0 Å². The van der Waals surface area contributed by atoms with Crippen LogP contribution >= 0.6 is 11.6 Å². The number of amides is 1. The molecule has 7 heteroatoms. The van der Waals surface area contributed by atoms with Gasteiger partial charge in [-0.1, -0.05) is 30.7 Å². The standard InChI is InChI=1S/C20H21ClN4O2/c1-19(11-26)7-13-4-3-12(14-5-15(21)9-23-8-14)6-16(13)20(10-19)17(27)25(2)18(22)24-20/h3-6,8-9,26H,7,10-11H2,1-2H3,(H2,22,24)/t19-,20-/m1/s1. The molecule has 0 radical (unpaired) electrons. The molecule has 6 nitrogen and oxygen atoms in total. The third kappa shape index (κ3) is 2.71. The highest BCUT2D eigenvalue weighted by atomic mass is 35.5. The van der Waals surface area contributed by atoms with Crippen LogP contribution in [0.1, 0.15) is 24.5 Å². The Morgan fingerprint density at radius 3 is 2.70 bits per heavy atom. The van der Waals surface area contributed by atoms with E-state index in [9.17, 15) is 9.90 Å². The maximum atomic E-state index is 13.2. The number of halogens is 1. The second-order valence-corrected chi connectivity index (χ2v) is 8.22. The van der Waals surface area contributed by atoms with E-state index in [-0.39, 0.29) is 18.5 Å². The lowest BCUT2D eigenvalue weighted by Gasteiger charge is -2.42. The average molecular weight is 385 g/mol. The van der Waals surface area contributed by atoms with Crippen LogP contribution in [0.2, 0.25) is 5.02 Å². The molecule has 0 saturated carbocycles. The molecule has 0 bridgehead atoms. The minimum Gasteiger partial charge on any atom is -0.396 e. The highest BCUT2D eigenvalue weighted by molar-refractivity contribution is 6.30. The molecule has 2 atom stereocenters. The number of fused-ring (bicyclic) bond motifs is 2. The highest BCUT2D eigenvalue weighted by Crippen LogP contribution is 2.50. The van der Waals surface area contributed by atoms with Crippen molar-refractivity contribution in [3.05, 3.63) is 52.8 Å². The van der Waals surface area contributed by atoms with E-state index >= 15 is 0 Å². The largest absolute Gasteiger partial charge is 0.396 e. The molecule has 0 unspecified atom stereocenters. The Morgan fingerprint density at radius 1 is 1.30 bits per heavy atom. The molecule has 3 N–H and O–H groups in total. The van der Waals surface area contributed by atoms with E-state index in [1.807, 2.05) is 31.2 Å². The fraction of sp³-hybridized carbons (Fsp3) is 0.350. The number of carbonyl (C=O) groups is 1. The Hall–Kier alpha value is -2.44. The number of aliphatic imine (C=N–C) groups is 1. The van der Waals surface area contributed by atoms with Gasteiger partial charge in [0, 0.05) is 31.6 Å². The van der Waals surface area contributed by atoms with Crippen LogP contribution in [0.3, 0.4) is 0 Å². The summed E-state index contributed by atoms with van der Waals surface area (Å²) < 4.78 is 0. The molecule has 0 saturated heterocycles. The number of nitrogens with two attached hydrogens (primary N) is 1. The third-order valence-electron chi connectivity index (χ3n) is 5.58. The summed E-state index contributed by atoms with van der Waals surface area (Å²) in [5.74, 6) is 0.0324. The molecule has 1 aromatic heterocycles. The van der Waals surface area contributed by atoms with Crippen molar-refractivity contribution in [2.24, 2.45) is 16.1 Å². The number of nitrogens with zero attached hydrogens (tertiary/aromatic N) is 3. The van der Waals surface area contributed by atoms with Crippen LogP contribution in [0.4, 0.5) is 0 Å². The molecule has 140 valence electrons. The van der Waals surface area contributed by atoms with Crippen molar-refractivity contribution in [2.75, 3.05) is 13.7 Å². The van der Waals surface area contributed by atoms with Gasteiger partial charge < -0.3 is 10.8 Å². The lowest BCUT2D eigenvalue weighted by Crippen LogP contribution is -2.47. The summed E-state index contributed by atoms with van der Waals surface area (Å²) in [6, 6.07) is 7.80. The number of aliphatic hydroxyl groups is 1. The lowest BCUT2D eigenvalue weighted by molar-refractivity contribution is -0.132. The lowest BCUT2D eigenvalue weighted by atomic mass is 9.64. The van der Waals surface area contributed by atoms with E-state index in [0.29, 0.717) is 17.9 Å². The zero-order valence-corrected chi connectivity index (χ0v) is 16.0. The maximum Gasteiger partial charge on any atom is 0.261 e. The zero-order valence-electron chi connectivity index (χ0n) is 15.2. The van der Waals surface area contributed by atoms with Crippen LogP contribution in [0, 0.1) is 5.41 Å². The maximum absolute atomic E-state index is 13.2. The molecule has 2 aromatic rings. The Labute approximate surface area is 162 Å². The number of aromatic nitrogens is 1. The number of likely N-dealkylation sites (N-methyl/N-ethyl adjacent to an activating group) is 1. The first kappa shape index (κ1) is 17.9. The topological polar surface area (TPSA) is 91.8 Å². The van der Waals surface area contributed by atoms with Crippen LogP contribution in [0.15, 0.2) is 41.7 Å². The molecule has 2 aliphatic rings. The summed E-state index contributed by atoms with van der Waals surface area (Å²) in [7, 11) is 1.63. The number of benzene rings is 1. The minimum atomic E-state index is -1.11. The molecule has 1 amide bonds. The monoisotopic (exact) mass is 384 g/mol. The van der Waals surface area contributed by atoms with Gasteiger partial charge in [-0.2, -0.15) is 0 Å². The van der Waals surface area contributed by atoms with Gasteiger partial charge in [-0.05, 0) is 47.1 Å². The zero-order chi connectivity index (χ0) is 19.4. The molecular weight excluding hydrogens is 364 g/mol. The van der Waals surface area contributed by atoms with Gasteiger partial charge in [0.1, 0.15) is 0 Å². The number of pyridine rings is 1. The van der Waals surface area contributed by atoms with E-state index in [1.165, 1.54) is 4.90 Å². The van der Waals surface area contributed by atoms with Gasteiger partial charge in [-0.15, -0.1) is 0 Å². The highest BCUT2D eigenvalue weighted by Gasteiger charge is 2.55. The summed E-state index contributed by atoms with van der Waals surface area (Å²) in [4.78, 5) is 23.3. The third-order valence-corrected chi connectivity index (χ3v) is 5.79. The first-order chi connectivity index (χ1) is 12.8. The molecule has 1 aliphatic carbocycles. The Morgan fingerprint density at radius 2 is 2.07 bits per heavy atom. The van der Waals surface area contributed by atoms with Crippen molar-refractivity contribution < 1.29 is 9.90 Å². The van der Waals surface area contributed by atoms with Crippen LogP contribution in [-0.2, 0) is 16.8 Å². The van der Waals surface area contributed by atoms with Crippen LogP contribution < -0.4 is 5.73 Å². The number of guanidine groups is 1. The Balaban J connectivity index is 1.93. The smallest absolute Gasteiger partial charge is 0.261 e. The van der Waals surface area contributed by atoms with Gasteiger partial charge in [0.25, 0.3) is 5.91 Å². The van der Waals surface area contributed by atoms with Crippen molar-refractivity contribution in [3.63, 3.8) is 0 Å². The van der Waals surface area contributed by atoms with Gasteiger partial charge in [-0.3, -0.25) is 14.7 Å². The van der Waals surface area contributed by atoms with Crippen LogP contribution in [-0.4, -0.2) is 40.5 Å². The molecule has 27 heavy (non-hydrogen) atoms. The molecule has 4 rings (SSSR count). The molecule has 0 fully saturated rings. The van der Waals surface area contributed by atoms with E-state index < -0.39 is 11.0 Å². The van der Waals surface area contributed by atoms with Crippen molar-refractivity contribution in [1.29, 1.82) is 0 Å². The summed E-state index contributed by atoms with van der Waals surface area (Å²) >= 11 is 6.09. The van der Waals surface area contributed by atoms with Crippen molar-refractivity contribution in [2.45, 2.75) is 25.3 Å². The number of hydrogen-bond donors (Lipinski definition) is 2. The minimum absolute atomic E-state index is 0.0272.